The first-order valence-corrected chi connectivity index (χ1v) is 10.6. The average Bonchev–Trinajstić information content (AvgIpc) is 2.67. The van der Waals surface area contributed by atoms with Crippen LogP contribution >= 0.6 is 0 Å². The van der Waals surface area contributed by atoms with Gasteiger partial charge < -0.3 is 5.73 Å². The molecule has 0 heterocycles. The van der Waals surface area contributed by atoms with Crippen LogP contribution in [0.2, 0.25) is 0 Å². The molecule has 4 saturated carbocycles. The summed E-state index contributed by atoms with van der Waals surface area (Å²) in [5.74, 6) is 2.91. The SMILES string of the molecule is Nc1ccc(C23CC4CC(CC(C4)C2)C3)cc1-c1ccc2ccccc2c1. The van der Waals surface area contributed by atoms with Crippen LogP contribution in [0.15, 0.2) is 60.7 Å². The summed E-state index contributed by atoms with van der Waals surface area (Å²) in [7, 11) is 0. The number of nitrogen functional groups attached to an aromatic ring is 1. The molecule has 2 N–H and O–H groups in total. The molecule has 136 valence electrons. The number of hydrogen-bond acceptors (Lipinski definition) is 1. The van der Waals surface area contributed by atoms with Crippen molar-refractivity contribution < 1.29 is 0 Å². The second-order valence-electron chi connectivity index (χ2n) is 9.56. The van der Waals surface area contributed by atoms with E-state index in [9.17, 15) is 0 Å². The Labute approximate surface area is 161 Å². The van der Waals surface area contributed by atoms with Crippen LogP contribution in [0.1, 0.15) is 44.1 Å². The Morgan fingerprint density at radius 1 is 0.704 bits per heavy atom. The lowest BCUT2D eigenvalue weighted by Gasteiger charge is -2.57. The highest BCUT2D eigenvalue weighted by atomic mass is 14.6. The summed E-state index contributed by atoms with van der Waals surface area (Å²) in [5.41, 5.74) is 11.8. The second kappa shape index (κ2) is 5.61. The van der Waals surface area contributed by atoms with E-state index in [-0.39, 0.29) is 0 Å². The van der Waals surface area contributed by atoms with Crippen LogP contribution in [0.4, 0.5) is 5.69 Å². The van der Waals surface area contributed by atoms with Gasteiger partial charge in [-0.2, -0.15) is 0 Å². The van der Waals surface area contributed by atoms with E-state index in [0.717, 1.165) is 23.4 Å². The molecule has 1 nitrogen and oxygen atoms in total. The Bertz CT molecular complexity index is 996. The van der Waals surface area contributed by atoms with Crippen LogP contribution in [0.25, 0.3) is 21.9 Å². The van der Waals surface area contributed by atoms with Crippen molar-refractivity contribution in [2.75, 3.05) is 5.73 Å². The Hall–Kier alpha value is -2.28. The van der Waals surface area contributed by atoms with E-state index in [1.807, 2.05) is 0 Å². The summed E-state index contributed by atoms with van der Waals surface area (Å²) in [6.45, 7) is 0. The Kier molecular flexibility index (Phi) is 3.27. The number of fused-ring (bicyclic) bond motifs is 1. The number of hydrogen-bond donors (Lipinski definition) is 1. The Morgan fingerprint density at radius 3 is 2.07 bits per heavy atom. The molecule has 4 aliphatic carbocycles. The summed E-state index contributed by atoms with van der Waals surface area (Å²) in [6, 6.07) is 22.3. The summed E-state index contributed by atoms with van der Waals surface area (Å²) >= 11 is 0. The van der Waals surface area contributed by atoms with Crippen LogP contribution in [-0.2, 0) is 5.41 Å². The van der Waals surface area contributed by atoms with Crippen LogP contribution in [0, 0.1) is 17.8 Å². The van der Waals surface area contributed by atoms with E-state index in [1.165, 1.54) is 60.4 Å². The molecule has 0 radical (unpaired) electrons. The van der Waals surface area contributed by atoms with Gasteiger partial charge in [-0.05, 0) is 102 Å². The van der Waals surface area contributed by atoms with Gasteiger partial charge in [0, 0.05) is 11.3 Å². The predicted molar refractivity (Wildman–Crippen MR) is 114 cm³/mol. The third-order valence-electron chi connectivity index (χ3n) is 7.76. The predicted octanol–water partition coefficient (Wildman–Crippen LogP) is 6.56. The van der Waals surface area contributed by atoms with Gasteiger partial charge in [-0.3, -0.25) is 0 Å². The topological polar surface area (TPSA) is 26.0 Å². The van der Waals surface area contributed by atoms with Crippen molar-refractivity contribution in [2.24, 2.45) is 17.8 Å². The lowest BCUT2D eigenvalue weighted by molar-refractivity contribution is -0.00516. The van der Waals surface area contributed by atoms with Gasteiger partial charge in [0.05, 0.1) is 0 Å². The number of benzene rings is 3. The van der Waals surface area contributed by atoms with Gasteiger partial charge in [-0.25, -0.2) is 0 Å². The van der Waals surface area contributed by atoms with Gasteiger partial charge in [0.15, 0.2) is 0 Å². The minimum atomic E-state index is 0.425. The average molecular weight is 354 g/mol. The summed E-state index contributed by atoms with van der Waals surface area (Å²) in [4.78, 5) is 0. The summed E-state index contributed by atoms with van der Waals surface area (Å²) < 4.78 is 0. The van der Waals surface area contributed by atoms with Crippen molar-refractivity contribution in [1.29, 1.82) is 0 Å². The lowest BCUT2D eigenvalue weighted by Crippen LogP contribution is -2.48. The van der Waals surface area contributed by atoms with Gasteiger partial charge in [0.2, 0.25) is 0 Å². The zero-order chi connectivity index (χ0) is 18.0. The van der Waals surface area contributed by atoms with Gasteiger partial charge in [-0.15, -0.1) is 0 Å². The molecule has 0 unspecified atom stereocenters. The van der Waals surface area contributed by atoms with E-state index in [1.54, 1.807) is 5.56 Å². The zero-order valence-electron chi connectivity index (χ0n) is 15.8. The molecule has 0 saturated heterocycles. The van der Waals surface area contributed by atoms with E-state index < -0.39 is 0 Å². The molecule has 7 rings (SSSR count). The maximum absolute atomic E-state index is 6.46. The first kappa shape index (κ1) is 15.7. The van der Waals surface area contributed by atoms with Gasteiger partial charge in [-0.1, -0.05) is 42.5 Å². The molecule has 4 fully saturated rings. The fraction of sp³-hybridized carbons (Fsp3) is 0.385. The molecule has 4 bridgehead atoms. The van der Waals surface area contributed by atoms with Crippen LogP contribution in [0.5, 0.6) is 0 Å². The van der Waals surface area contributed by atoms with Gasteiger partial charge in [0.1, 0.15) is 0 Å². The van der Waals surface area contributed by atoms with E-state index in [4.69, 9.17) is 5.73 Å². The molecule has 0 aromatic heterocycles. The van der Waals surface area contributed by atoms with E-state index >= 15 is 0 Å². The lowest BCUT2D eigenvalue weighted by atomic mass is 9.48. The normalized spacial score (nSPS) is 31.5. The highest BCUT2D eigenvalue weighted by Crippen LogP contribution is 2.61. The molecular formula is C26H27N. The Balaban J connectivity index is 1.45. The molecular weight excluding hydrogens is 326 g/mol. The number of anilines is 1. The van der Waals surface area contributed by atoms with Crippen molar-refractivity contribution in [3.63, 3.8) is 0 Å². The quantitative estimate of drug-likeness (QED) is 0.519. The molecule has 0 spiro atoms. The molecule has 1 heteroatoms. The molecule has 3 aromatic rings. The molecule has 0 aliphatic heterocycles. The first-order chi connectivity index (χ1) is 13.2. The minimum absolute atomic E-state index is 0.425. The summed E-state index contributed by atoms with van der Waals surface area (Å²) in [6.07, 6.45) is 8.68. The van der Waals surface area contributed by atoms with Crippen molar-refractivity contribution in [1.82, 2.24) is 0 Å². The largest absolute Gasteiger partial charge is 0.398 e. The molecule has 0 amide bonds. The smallest absolute Gasteiger partial charge is 0.0393 e. The molecule has 4 aliphatic rings. The Morgan fingerprint density at radius 2 is 1.37 bits per heavy atom. The molecule has 0 atom stereocenters. The highest BCUT2D eigenvalue weighted by Gasteiger charge is 2.51. The fourth-order valence-electron chi connectivity index (χ4n) is 6.96. The zero-order valence-corrected chi connectivity index (χ0v) is 15.8. The van der Waals surface area contributed by atoms with Crippen molar-refractivity contribution in [3.05, 3.63) is 66.2 Å². The van der Waals surface area contributed by atoms with Gasteiger partial charge >= 0.3 is 0 Å². The highest BCUT2D eigenvalue weighted by molar-refractivity contribution is 5.89. The molecule has 3 aromatic carbocycles. The van der Waals surface area contributed by atoms with Crippen molar-refractivity contribution >= 4 is 16.5 Å². The van der Waals surface area contributed by atoms with E-state index in [0.29, 0.717) is 5.41 Å². The maximum atomic E-state index is 6.46. The third kappa shape index (κ3) is 2.44. The fourth-order valence-corrected chi connectivity index (χ4v) is 6.96. The summed E-state index contributed by atoms with van der Waals surface area (Å²) in [5, 5.41) is 2.58. The van der Waals surface area contributed by atoms with E-state index in [2.05, 4.69) is 60.7 Å². The number of rotatable bonds is 2. The standard InChI is InChI=1S/C26H27N/c27-25-8-7-23(26-14-17-9-18(15-26)11-19(10-17)16-26)13-24(25)22-6-5-20-3-1-2-4-21(20)12-22/h1-8,12-13,17-19H,9-11,14-16,27H2. The van der Waals surface area contributed by atoms with Gasteiger partial charge in [0.25, 0.3) is 0 Å². The monoisotopic (exact) mass is 353 g/mol. The first-order valence-electron chi connectivity index (χ1n) is 10.6. The van der Waals surface area contributed by atoms with Crippen molar-refractivity contribution in [2.45, 2.75) is 43.9 Å². The van der Waals surface area contributed by atoms with Crippen LogP contribution in [0.3, 0.4) is 0 Å². The van der Waals surface area contributed by atoms with Crippen LogP contribution < -0.4 is 5.73 Å². The van der Waals surface area contributed by atoms with Crippen LogP contribution in [-0.4, -0.2) is 0 Å². The second-order valence-corrected chi connectivity index (χ2v) is 9.56. The number of nitrogens with two attached hydrogens (primary N) is 1. The third-order valence-corrected chi connectivity index (χ3v) is 7.76. The minimum Gasteiger partial charge on any atom is -0.398 e. The van der Waals surface area contributed by atoms with Crippen molar-refractivity contribution in [3.8, 4) is 11.1 Å². The molecule has 27 heavy (non-hydrogen) atoms. The maximum Gasteiger partial charge on any atom is 0.0393 e.